The molecule has 1 unspecified atom stereocenters. The number of rotatable bonds is 5. The Kier molecular flexibility index (Phi) is 4.01. The molecule has 0 bridgehead atoms. The minimum atomic E-state index is 0.272. The van der Waals surface area contributed by atoms with E-state index in [1.165, 1.54) is 16.1 Å². The molecule has 0 saturated carbocycles. The number of aromatic nitrogens is 2. The monoisotopic (exact) mass is 299 g/mol. The van der Waals surface area contributed by atoms with Crippen LogP contribution in [-0.4, -0.2) is 10.2 Å². The molecule has 1 aromatic carbocycles. The summed E-state index contributed by atoms with van der Waals surface area (Å²) in [5, 5.41) is 11.2. The van der Waals surface area contributed by atoms with Gasteiger partial charge in [-0.15, -0.1) is 21.5 Å². The third-order valence-electron chi connectivity index (χ3n) is 3.31. The number of benzene rings is 1. The lowest BCUT2D eigenvalue weighted by atomic mass is 10.2. The molecule has 0 amide bonds. The Labute approximate surface area is 127 Å². The fraction of sp³-hybridized carbons (Fsp3) is 0.250. The van der Waals surface area contributed by atoms with E-state index in [0.29, 0.717) is 5.89 Å². The Morgan fingerprint density at radius 3 is 2.90 bits per heavy atom. The zero-order chi connectivity index (χ0) is 14.7. The van der Waals surface area contributed by atoms with E-state index < -0.39 is 0 Å². The van der Waals surface area contributed by atoms with Crippen molar-refractivity contribution in [2.24, 2.45) is 0 Å². The molecule has 21 heavy (non-hydrogen) atoms. The van der Waals surface area contributed by atoms with Crippen molar-refractivity contribution in [1.82, 2.24) is 10.2 Å². The van der Waals surface area contributed by atoms with Crippen molar-refractivity contribution in [2.75, 3.05) is 5.32 Å². The van der Waals surface area contributed by atoms with Gasteiger partial charge in [-0.2, -0.15) is 0 Å². The number of anilines is 1. The van der Waals surface area contributed by atoms with Crippen molar-refractivity contribution in [3.8, 4) is 11.5 Å². The van der Waals surface area contributed by atoms with Crippen LogP contribution in [0, 0.1) is 0 Å². The number of thiophene rings is 1. The van der Waals surface area contributed by atoms with Crippen molar-refractivity contribution in [3.05, 3.63) is 52.5 Å². The van der Waals surface area contributed by atoms with Gasteiger partial charge in [0.2, 0.25) is 12.3 Å². The highest BCUT2D eigenvalue weighted by Gasteiger charge is 2.10. The molecule has 2 aromatic heterocycles. The van der Waals surface area contributed by atoms with Gasteiger partial charge in [0.15, 0.2) is 0 Å². The summed E-state index contributed by atoms with van der Waals surface area (Å²) in [6, 6.07) is 12.7. The Morgan fingerprint density at radius 2 is 2.19 bits per heavy atom. The maximum absolute atomic E-state index is 5.23. The van der Waals surface area contributed by atoms with Gasteiger partial charge in [0, 0.05) is 21.0 Å². The second-order valence-electron chi connectivity index (χ2n) is 4.85. The van der Waals surface area contributed by atoms with Gasteiger partial charge < -0.3 is 9.73 Å². The standard InChI is InChI=1S/C16H17N3OS/c1-3-14-7-8-15(21-14)11(2)18-13-6-4-5-12(9-13)16-19-17-10-20-16/h4-11,18H,3H2,1-2H3. The smallest absolute Gasteiger partial charge is 0.247 e. The fourth-order valence-electron chi connectivity index (χ4n) is 2.18. The van der Waals surface area contributed by atoms with Crippen molar-refractivity contribution < 1.29 is 4.42 Å². The first kappa shape index (κ1) is 13.8. The van der Waals surface area contributed by atoms with Crippen LogP contribution in [0.1, 0.15) is 29.6 Å². The maximum atomic E-state index is 5.23. The number of hydrogen-bond acceptors (Lipinski definition) is 5. The molecule has 0 aliphatic rings. The summed E-state index contributed by atoms with van der Waals surface area (Å²) in [5.41, 5.74) is 1.97. The van der Waals surface area contributed by atoms with Crippen LogP contribution in [0.5, 0.6) is 0 Å². The van der Waals surface area contributed by atoms with Crippen LogP contribution in [0.15, 0.2) is 47.2 Å². The second-order valence-corrected chi connectivity index (χ2v) is 6.05. The molecular formula is C16H17N3OS. The summed E-state index contributed by atoms with van der Waals surface area (Å²) >= 11 is 1.86. The Bertz CT molecular complexity index is 706. The molecule has 1 atom stereocenters. The van der Waals surface area contributed by atoms with Crippen LogP contribution in [0.4, 0.5) is 5.69 Å². The molecule has 0 radical (unpaired) electrons. The van der Waals surface area contributed by atoms with Gasteiger partial charge in [-0.25, -0.2) is 0 Å². The summed E-state index contributed by atoms with van der Waals surface area (Å²) in [6.45, 7) is 4.35. The third kappa shape index (κ3) is 3.13. The van der Waals surface area contributed by atoms with Gasteiger partial charge in [-0.05, 0) is 43.7 Å². The fourth-order valence-corrected chi connectivity index (χ4v) is 3.13. The molecule has 2 heterocycles. The Morgan fingerprint density at radius 1 is 1.29 bits per heavy atom. The predicted molar refractivity (Wildman–Crippen MR) is 85.5 cm³/mol. The number of nitrogens with zero attached hydrogens (tertiary/aromatic N) is 2. The SMILES string of the molecule is CCc1ccc(C(C)Nc2cccc(-c3nnco3)c2)s1. The zero-order valence-corrected chi connectivity index (χ0v) is 12.9. The lowest BCUT2D eigenvalue weighted by molar-refractivity contribution is 0.568. The minimum absolute atomic E-state index is 0.272. The van der Waals surface area contributed by atoms with Gasteiger partial charge in [-0.1, -0.05) is 13.0 Å². The van der Waals surface area contributed by atoms with Crippen molar-refractivity contribution in [2.45, 2.75) is 26.3 Å². The van der Waals surface area contributed by atoms with E-state index in [-0.39, 0.29) is 6.04 Å². The van der Waals surface area contributed by atoms with Gasteiger partial charge in [-0.3, -0.25) is 0 Å². The van der Waals surface area contributed by atoms with Gasteiger partial charge in [0.25, 0.3) is 0 Å². The van der Waals surface area contributed by atoms with Crippen molar-refractivity contribution in [3.63, 3.8) is 0 Å². The van der Waals surface area contributed by atoms with Crippen LogP contribution in [0.25, 0.3) is 11.5 Å². The van der Waals surface area contributed by atoms with Crippen LogP contribution >= 0.6 is 11.3 Å². The van der Waals surface area contributed by atoms with E-state index in [9.17, 15) is 0 Å². The molecule has 0 aliphatic heterocycles. The van der Waals surface area contributed by atoms with Gasteiger partial charge >= 0.3 is 0 Å². The number of nitrogens with one attached hydrogen (secondary N) is 1. The molecule has 0 saturated heterocycles. The first-order valence-corrected chi connectivity index (χ1v) is 7.79. The third-order valence-corrected chi connectivity index (χ3v) is 4.72. The van der Waals surface area contributed by atoms with E-state index >= 15 is 0 Å². The van der Waals surface area contributed by atoms with Gasteiger partial charge in [0.05, 0.1) is 6.04 Å². The normalized spacial score (nSPS) is 12.3. The molecule has 3 aromatic rings. The quantitative estimate of drug-likeness (QED) is 0.751. The topological polar surface area (TPSA) is 51.0 Å². The summed E-state index contributed by atoms with van der Waals surface area (Å²) in [6.07, 6.45) is 2.43. The maximum Gasteiger partial charge on any atom is 0.247 e. The molecule has 5 heteroatoms. The molecule has 0 spiro atoms. The second kappa shape index (κ2) is 6.10. The lowest BCUT2D eigenvalue weighted by Gasteiger charge is -2.14. The summed E-state index contributed by atoms with van der Waals surface area (Å²) < 4.78 is 5.23. The van der Waals surface area contributed by atoms with E-state index in [4.69, 9.17) is 4.42 Å². The average molecular weight is 299 g/mol. The highest BCUT2D eigenvalue weighted by atomic mass is 32.1. The van der Waals surface area contributed by atoms with Crippen molar-refractivity contribution >= 4 is 17.0 Å². The molecule has 3 rings (SSSR count). The number of hydrogen-bond donors (Lipinski definition) is 1. The van der Waals surface area contributed by atoms with Crippen molar-refractivity contribution in [1.29, 1.82) is 0 Å². The summed E-state index contributed by atoms with van der Waals surface area (Å²) in [5.74, 6) is 0.538. The van der Waals surface area contributed by atoms with E-state index in [1.807, 2.05) is 35.6 Å². The molecule has 1 N–H and O–H groups in total. The van der Waals surface area contributed by atoms with E-state index in [1.54, 1.807) is 0 Å². The van der Waals surface area contributed by atoms with E-state index in [0.717, 1.165) is 17.7 Å². The predicted octanol–water partition coefficient (Wildman–Crippen LogP) is 4.53. The van der Waals surface area contributed by atoms with Crippen LogP contribution < -0.4 is 5.32 Å². The lowest BCUT2D eigenvalue weighted by Crippen LogP contribution is -2.04. The highest BCUT2D eigenvalue weighted by molar-refractivity contribution is 7.12. The van der Waals surface area contributed by atoms with Crippen LogP contribution in [0.2, 0.25) is 0 Å². The molecule has 0 fully saturated rings. The average Bonchev–Trinajstić information content (AvgIpc) is 3.19. The summed E-state index contributed by atoms with van der Waals surface area (Å²) in [7, 11) is 0. The molecular weight excluding hydrogens is 282 g/mol. The van der Waals surface area contributed by atoms with Crippen LogP contribution in [-0.2, 0) is 6.42 Å². The van der Waals surface area contributed by atoms with Gasteiger partial charge in [0.1, 0.15) is 0 Å². The zero-order valence-electron chi connectivity index (χ0n) is 12.0. The largest absolute Gasteiger partial charge is 0.423 e. The van der Waals surface area contributed by atoms with E-state index in [2.05, 4.69) is 41.5 Å². The Hall–Kier alpha value is -2.14. The molecule has 4 nitrogen and oxygen atoms in total. The van der Waals surface area contributed by atoms with Crippen LogP contribution in [0.3, 0.4) is 0 Å². The first-order valence-electron chi connectivity index (χ1n) is 6.98. The molecule has 108 valence electrons. The summed E-state index contributed by atoms with van der Waals surface area (Å²) in [4.78, 5) is 2.76. The Balaban J connectivity index is 1.77. The number of aryl methyl sites for hydroxylation is 1. The minimum Gasteiger partial charge on any atom is -0.423 e. The highest BCUT2D eigenvalue weighted by Crippen LogP contribution is 2.28. The molecule has 0 aliphatic carbocycles. The first-order chi connectivity index (χ1) is 10.3.